The standard InChI is InChI=1S/C18H22BrN3O2.HI/c1-2-13-6-5-7-14(10-13)22-18(20)21-11-15(23)12-24-17-9-4-3-8-16(17)19;/h3-10,15,23H,2,11-12H2,1H3,(H3,20,21,22);1H. The average Bonchev–Trinajstić information content (AvgIpc) is 2.59. The van der Waals surface area contributed by atoms with E-state index in [1.54, 1.807) is 0 Å². The smallest absolute Gasteiger partial charge is 0.193 e. The Hall–Kier alpha value is -1.32. The SMILES string of the molecule is CCc1cccc(NC(N)=NCC(O)COc2ccccc2Br)c1.I. The fourth-order valence-electron chi connectivity index (χ4n) is 2.06. The molecule has 1 unspecified atom stereocenters. The zero-order chi connectivity index (χ0) is 17.4. The minimum Gasteiger partial charge on any atom is -0.490 e. The molecular formula is C18H23BrIN3O2. The molecule has 0 aliphatic heterocycles. The Labute approximate surface area is 173 Å². The molecular weight excluding hydrogens is 497 g/mol. The number of ether oxygens (including phenoxy) is 1. The Bertz CT molecular complexity index is 698. The minimum absolute atomic E-state index is 0. The highest BCUT2D eigenvalue weighted by Crippen LogP contribution is 2.23. The number of aryl methyl sites for hydroxylation is 1. The van der Waals surface area contributed by atoms with Gasteiger partial charge in [-0.05, 0) is 52.2 Å². The highest BCUT2D eigenvalue weighted by molar-refractivity contribution is 14.0. The summed E-state index contributed by atoms with van der Waals surface area (Å²) >= 11 is 3.39. The molecule has 0 spiro atoms. The van der Waals surface area contributed by atoms with Crippen LogP contribution in [0.1, 0.15) is 12.5 Å². The fraction of sp³-hybridized carbons (Fsp3) is 0.278. The number of anilines is 1. The number of hydrogen-bond donors (Lipinski definition) is 3. The van der Waals surface area contributed by atoms with E-state index in [4.69, 9.17) is 10.5 Å². The molecule has 0 aliphatic rings. The first-order chi connectivity index (χ1) is 11.6. The van der Waals surface area contributed by atoms with Gasteiger partial charge in [0.05, 0.1) is 11.0 Å². The van der Waals surface area contributed by atoms with Gasteiger partial charge in [-0.1, -0.05) is 31.2 Å². The van der Waals surface area contributed by atoms with Crippen molar-refractivity contribution in [3.05, 3.63) is 58.6 Å². The number of aliphatic imine (C=N–C) groups is 1. The van der Waals surface area contributed by atoms with E-state index in [2.05, 4.69) is 39.2 Å². The number of guanidine groups is 1. The zero-order valence-corrected chi connectivity index (χ0v) is 17.9. The first-order valence-electron chi connectivity index (χ1n) is 7.79. The van der Waals surface area contributed by atoms with E-state index in [1.807, 2.05) is 42.5 Å². The topological polar surface area (TPSA) is 79.9 Å². The lowest BCUT2D eigenvalue weighted by Crippen LogP contribution is -2.27. The predicted molar refractivity (Wildman–Crippen MR) is 117 cm³/mol. The molecule has 0 fully saturated rings. The molecule has 2 aromatic rings. The number of para-hydroxylation sites is 1. The van der Waals surface area contributed by atoms with Crippen LogP contribution in [0.4, 0.5) is 5.69 Å². The number of aliphatic hydroxyl groups is 1. The largest absolute Gasteiger partial charge is 0.490 e. The van der Waals surface area contributed by atoms with Crippen LogP contribution in [0.25, 0.3) is 0 Å². The lowest BCUT2D eigenvalue weighted by Gasteiger charge is -2.12. The normalized spacial score (nSPS) is 12.2. The van der Waals surface area contributed by atoms with Crippen LogP contribution in [0.3, 0.4) is 0 Å². The summed E-state index contributed by atoms with van der Waals surface area (Å²) in [7, 11) is 0. The molecule has 1 atom stereocenters. The number of aliphatic hydroxyl groups excluding tert-OH is 1. The summed E-state index contributed by atoms with van der Waals surface area (Å²) in [6.07, 6.45) is 0.219. The third kappa shape index (κ3) is 7.62. The fourth-order valence-corrected chi connectivity index (χ4v) is 2.46. The van der Waals surface area contributed by atoms with Gasteiger partial charge in [0.15, 0.2) is 5.96 Å². The van der Waals surface area contributed by atoms with Gasteiger partial charge in [0.25, 0.3) is 0 Å². The summed E-state index contributed by atoms with van der Waals surface area (Å²) in [5, 5.41) is 13.0. The highest BCUT2D eigenvalue weighted by Gasteiger charge is 2.07. The third-order valence-electron chi connectivity index (χ3n) is 3.35. The lowest BCUT2D eigenvalue weighted by atomic mass is 10.1. The van der Waals surface area contributed by atoms with Crippen molar-refractivity contribution in [2.24, 2.45) is 10.7 Å². The Morgan fingerprint density at radius 1 is 1.28 bits per heavy atom. The summed E-state index contributed by atoms with van der Waals surface area (Å²) in [5.41, 5.74) is 7.96. The van der Waals surface area contributed by atoms with Gasteiger partial charge in [-0.3, -0.25) is 4.99 Å². The maximum atomic E-state index is 9.97. The van der Waals surface area contributed by atoms with Gasteiger partial charge >= 0.3 is 0 Å². The second-order valence-electron chi connectivity index (χ2n) is 5.30. The molecule has 0 amide bonds. The summed E-state index contributed by atoms with van der Waals surface area (Å²) in [6.45, 7) is 2.40. The van der Waals surface area contributed by atoms with Crippen LogP contribution in [-0.2, 0) is 6.42 Å². The molecule has 4 N–H and O–H groups in total. The van der Waals surface area contributed by atoms with Gasteiger partial charge in [-0.15, -0.1) is 24.0 Å². The van der Waals surface area contributed by atoms with E-state index in [9.17, 15) is 5.11 Å². The molecule has 0 radical (unpaired) electrons. The number of nitrogens with one attached hydrogen (secondary N) is 1. The number of benzene rings is 2. The Kier molecular flexibility index (Phi) is 9.84. The van der Waals surface area contributed by atoms with Gasteiger partial charge in [0, 0.05) is 5.69 Å². The second-order valence-corrected chi connectivity index (χ2v) is 6.15. The van der Waals surface area contributed by atoms with E-state index >= 15 is 0 Å². The molecule has 2 rings (SSSR count). The molecule has 136 valence electrons. The molecule has 7 heteroatoms. The molecule has 0 heterocycles. The molecule has 5 nitrogen and oxygen atoms in total. The number of hydrogen-bond acceptors (Lipinski definition) is 3. The molecule has 0 aromatic heterocycles. The van der Waals surface area contributed by atoms with Crippen LogP contribution in [0.15, 0.2) is 58.0 Å². The predicted octanol–water partition coefficient (Wildman–Crippen LogP) is 3.80. The lowest BCUT2D eigenvalue weighted by molar-refractivity contribution is 0.114. The molecule has 2 aromatic carbocycles. The minimum atomic E-state index is -0.737. The van der Waals surface area contributed by atoms with E-state index in [-0.39, 0.29) is 43.1 Å². The van der Waals surface area contributed by atoms with Crippen LogP contribution < -0.4 is 15.8 Å². The van der Waals surface area contributed by atoms with Crippen LogP contribution in [0.5, 0.6) is 5.75 Å². The number of nitrogens with zero attached hydrogens (tertiary/aromatic N) is 1. The molecule has 25 heavy (non-hydrogen) atoms. The van der Waals surface area contributed by atoms with Crippen molar-refractivity contribution in [3.8, 4) is 5.75 Å². The summed E-state index contributed by atoms with van der Waals surface area (Å²) in [6, 6.07) is 15.5. The second kappa shape index (κ2) is 11.3. The maximum absolute atomic E-state index is 9.97. The van der Waals surface area contributed by atoms with Crippen molar-refractivity contribution >= 4 is 51.6 Å². The van der Waals surface area contributed by atoms with Gasteiger partial charge in [-0.2, -0.15) is 0 Å². The number of rotatable bonds is 7. The van der Waals surface area contributed by atoms with E-state index < -0.39 is 6.10 Å². The Morgan fingerprint density at radius 3 is 2.76 bits per heavy atom. The van der Waals surface area contributed by atoms with Crippen molar-refractivity contribution in [1.29, 1.82) is 0 Å². The first-order valence-corrected chi connectivity index (χ1v) is 8.59. The van der Waals surface area contributed by atoms with Crippen molar-refractivity contribution in [1.82, 2.24) is 0 Å². The van der Waals surface area contributed by atoms with Crippen LogP contribution >= 0.6 is 39.9 Å². The zero-order valence-electron chi connectivity index (χ0n) is 14.0. The Balaban J connectivity index is 0.00000312. The van der Waals surface area contributed by atoms with Gasteiger partial charge in [-0.25, -0.2) is 0 Å². The van der Waals surface area contributed by atoms with Gasteiger partial charge < -0.3 is 20.9 Å². The summed E-state index contributed by atoms with van der Waals surface area (Å²) in [4.78, 5) is 4.15. The molecule has 0 saturated heterocycles. The number of nitrogens with two attached hydrogens (primary N) is 1. The summed E-state index contributed by atoms with van der Waals surface area (Å²) in [5.74, 6) is 0.950. The van der Waals surface area contributed by atoms with Gasteiger partial charge in [0.1, 0.15) is 18.5 Å². The van der Waals surface area contributed by atoms with Crippen molar-refractivity contribution in [2.45, 2.75) is 19.4 Å². The Morgan fingerprint density at radius 2 is 2.04 bits per heavy atom. The highest BCUT2D eigenvalue weighted by atomic mass is 127. The third-order valence-corrected chi connectivity index (χ3v) is 4.00. The maximum Gasteiger partial charge on any atom is 0.193 e. The van der Waals surface area contributed by atoms with Crippen LogP contribution in [0.2, 0.25) is 0 Å². The molecule has 0 aliphatic carbocycles. The molecule has 0 saturated carbocycles. The van der Waals surface area contributed by atoms with E-state index in [0.29, 0.717) is 5.75 Å². The average molecular weight is 520 g/mol. The van der Waals surface area contributed by atoms with E-state index in [1.165, 1.54) is 5.56 Å². The monoisotopic (exact) mass is 519 g/mol. The summed E-state index contributed by atoms with van der Waals surface area (Å²) < 4.78 is 6.40. The van der Waals surface area contributed by atoms with Crippen LogP contribution in [0, 0.1) is 0 Å². The van der Waals surface area contributed by atoms with Crippen molar-refractivity contribution in [3.63, 3.8) is 0 Å². The van der Waals surface area contributed by atoms with E-state index in [0.717, 1.165) is 16.6 Å². The first kappa shape index (κ1) is 21.7. The van der Waals surface area contributed by atoms with Crippen molar-refractivity contribution < 1.29 is 9.84 Å². The van der Waals surface area contributed by atoms with Gasteiger partial charge in [0.2, 0.25) is 0 Å². The van der Waals surface area contributed by atoms with Crippen LogP contribution in [-0.4, -0.2) is 30.3 Å². The quantitative estimate of drug-likeness (QED) is 0.295. The molecule has 0 bridgehead atoms. The number of halogens is 2. The van der Waals surface area contributed by atoms with Crippen molar-refractivity contribution in [2.75, 3.05) is 18.5 Å².